The Morgan fingerprint density at radius 3 is 2.50 bits per heavy atom. The minimum atomic E-state index is -0.665. The van der Waals surface area contributed by atoms with Gasteiger partial charge in [0.1, 0.15) is 18.2 Å². The summed E-state index contributed by atoms with van der Waals surface area (Å²) in [7, 11) is 0. The van der Waals surface area contributed by atoms with Crippen molar-refractivity contribution in [1.82, 2.24) is 0 Å². The number of benzene rings is 2. The third-order valence-electron chi connectivity index (χ3n) is 3.55. The molecule has 0 fully saturated rings. The highest BCUT2D eigenvalue weighted by Crippen LogP contribution is 2.38. The second-order valence-corrected chi connectivity index (χ2v) is 6.86. The van der Waals surface area contributed by atoms with E-state index < -0.39 is 5.97 Å². The van der Waals surface area contributed by atoms with Crippen molar-refractivity contribution in [2.75, 3.05) is 13.2 Å². The van der Waals surface area contributed by atoms with E-state index in [1.807, 2.05) is 25.1 Å². The van der Waals surface area contributed by atoms with Crippen LogP contribution in [0.3, 0.4) is 0 Å². The van der Waals surface area contributed by atoms with Gasteiger partial charge in [-0.05, 0) is 71.2 Å². The highest BCUT2D eigenvalue weighted by atomic mass is 79.9. The van der Waals surface area contributed by atoms with Crippen LogP contribution < -0.4 is 9.47 Å². The Balaban J connectivity index is 2.31. The third kappa shape index (κ3) is 6.01. The largest absolute Gasteiger partial charge is 0.490 e. The van der Waals surface area contributed by atoms with Crippen LogP contribution in [0.25, 0.3) is 6.08 Å². The summed E-state index contributed by atoms with van der Waals surface area (Å²) in [6.45, 7) is 4.50. The summed E-state index contributed by atoms with van der Waals surface area (Å²) in [5.74, 6) is 0.365. The van der Waals surface area contributed by atoms with Crippen molar-refractivity contribution in [3.05, 3.63) is 62.6 Å². The van der Waals surface area contributed by atoms with Crippen LogP contribution in [0.5, 0.6) is 11.5 Å². The average Bonchev–Trinajstić information content (AvgIpc) is 2.67. The lowest BCUT2D eigenvalue weighted by Gasteiger charge is -2.15. The summed E-state index contributed by atoms with van der Waals surface area (Å²) in [5.41, 5.74) is 1.47. The lowest BCUT2D eigenvalue weighted by molar-refractivity contribution is -0.137. The van der Waals surface area contributed by atoms with Gasteiger partial charge in [0.2, 0.25) is 0 Å². The minimum Gasteiger partial charge on any atom is -0.490 e. The Morgan fingerprint density at radius 2 is 1.89 bits per heavy atom. The van der Waals surface area contributed by atoms with Crippen molar-refractivity contribution in [3.63, 3.8) is 0 Å². The molecule has 0 aliphatic heterocycles. The van der Waals surface area contributed by atoms with Crippen LogP contribution in [0.4, 0.5) is 0 Å². The van der Waals surface area contributed by atoms with Crippen LogP contribution in [0.2, 0.25) is 5.02 Å². The van der Waals surface area contributed by atoms with Gasteiger partial charge in [0.15, 0.2) is 11.5 Å². The molecule has 0 amide bonds. The van der Waals surface area contributed by atoms with Crippen LogP contribution in [-0.4, -0.2) is 19.2 Å². The summed E-state index contributed by atoms with van der Waals surface area (Å²) >= 11 is 9.38. The molecule has 2 aromatic carbocycles. The molecule has 0 aliphatic carbocycles. The molecule has 2 rings (SSSR count). The zero-order valence-electron chi connectivity index (χ0n) is 15.5. The van der Waals surface area contributed by atoms with Gasteiger partial charge in [-0.15, -0.1) is 0 Å². The van der Waals surface area contributed by atoms with Crippen LogP contribution in [0, 0.1) is 11.3 Å². The van der Waals surface area contributed by atoms with Crippen LogP contribution in [0.15, 0.2) is 46.4 Å². The van der Waals surface area contributed by atoms with Gasteiger partial charge >= 0.3 is 5.97 Å². The number of nitriles is 1. The molecule has 0 radical (unpaired) electrons. The molecule has 2 aromatic rings. The quantitative estimate of drug-likeness (QED) is 0.291. The summed E-state index contributed by atoms with van der Waals surface area (Å²) < 4.78 is 17.1. The fourth-order valence-electron chi connectivity index (χ4n) is 2.32. The summed E-state index contributed by atoms with van der Waals surface area (Å²) in [4.78, 5) is 11.8. The van der Waals surface area contributed by atoms with Gasteiger partial charge in [0.05, 0.1) is 17.7 Å². The topological polar surface area (TPSA) is 68.6 Å². The molecule has 0 aliphatic rings. The number of carbonyl (C=O) groups excluding carboxylic acids is 1. The fraction of sp³-hybridized carbons (Fsp3) is 0.238. The molecular weight excluding hydrogens is 446 g/mol. The number of hydrogen-bond donors (Lipinski definition) is 0. The molecule has 0 heterocycles. The van der Waals surface area contributed by atoms with E-state index in [1.165, 1.54) is 6.08 Å². The van der Waals surface area contributed by atoms with Crippen LogP contribution in [0.1, 0.15) is 25.0 Å². The SMILES string of the molecule is CCOC(=O)/C(C#N)=C\c1cc(Br)c(OCc2ccc(Cl)cc2)c(OCC)c1. The third-order valence-corrected chi connectivity index (χ3v) is 4.40. The molecule has 0 bridgehead atoms. The van der Waals surface area contributed by atoms with E-state index in [9.17, 15) is 10.1 Å². The minimum absolute atomic E-state index is 0.0916. The molecular formula is C21H19BrClNO4. The maximum atomic E-state index is 11.8. The van der Waals surface area contributed by atoms with Gasteiger partial charge in [-0.3, -0.25) is 0 Å². The van der Waals surface area contributed by atoms with E-state index in [4.69, 9.17) is 25.8 Å². The first kappa shape index (κ1) is 21.8. The van der Waals surface area contributed by atoms with Crippen LogP contribution in [-0.2, 0) is 16.1 Å². The van der Waals surface area contributed by atoms with E-state index in [0.29, 0.717) is 39.8 Å². The summed E-state index contributed by atoms with van der Waals surface area (Å²) in [6, 6.07) is 12.7. The van der Waals surface area contributed by atoms with E-state index in [2.05, 4.69) is 15.9 Å². The van der Waals surface area contributed by atoms with E-state index in [1.54, 1.807) is 31.2 Å². The first-order valence-corrected chi connectivity index (χ1v) is 9.78. The average molecular weight is 465 g/mol. The van der Waals surface area contributed by atoms with Gasteiger partial charge in [-0.25, -0.2) is 4.79 Å². The Kier molecular flexibility index (Phi) is 8.37. The van der Waals surface area contributed by atoms with Crippen LogP contribution >= 0.6 is 27.5 Å². The van der Waals surface area contributed by atoms with Crippen molar-refractivity contribution >= 4 is 39.6 Å². The molecule has 0 saturated heterocycles. The first-order valence-electron chi connectivity index (χ1n) is 8.61. The number of ether oxygens (including phenoxy) is 3. The van der Waals surface area contributed by atoms with Gasteiger partial charge in [0.25, 0.3) is 0 Å². The van der Waals surface area contributed by atoms with Crippen molar-refractivity contribution < 1.29 is 19.0 Å². The number of hydrogen-bond acceptors (Lipinski definition) is 5. The Morgan fingerprint density at radius 1 is 1.18 bits per heavy atom. The summed E-state index contributed by atoms with van der Waals surface area (Å²) in [5, 5.41) is 9.87. The molecule has 0 aromatic heterocycles. The maximum absolute atomic E-state index is 11.8. The van der Waals surface area contributed by atoms with Gasteiger partial charge in [-0.1, -0.05) is 23.7 Å². The highest BCUT2D eigenvalue weighted by molar-refractivity contribution is 9.10. The predicted molar refractivity (Wildman–Crippen MR) is 111 cm³/mol. The molecule has 0 spiro atoms. The molecule has 0 atom stereocenters. The monoisotopic (exact) mass is 463 g/mol. The van der Waals surface area contributed by atoms with Crippen molar-refractivity contribution in [2.45, 2.75) is 20.5 Å². The number of esters is 1. The lowest BCUT2D eigenvalue weighted by atomic mass is 10.1. The molecule has 5 nitrogen and oxygen atoms in total. The Hall–Kier alpha value is -2.49. The van der Waals surface area contributed by atoms with Crippen molar-refractivity contribution in [3.8, 4) is 17.6 Å². The van der Waals surface area contributed by atoms with Crippen molar-refractivity contribution in [1.29, 1.82) is 5.26 Å². The zero-order chi connectivity index (χ0) is 20.5. The number of nitrogens with zero attached hydrogens (tertiary/aromatic N) is 1. The molecule has 0 N–H and O–H groups in total. The Labute approximate surface area is 177 Å². The highest BCUT2D eigenvalue weighted by Gasteiger charge is 2.15. The van der Waals surface area contributed by atoms with E-state index in [0.717, 1.165) is 5.56 Å². The second kappa shape index (κ2) is 10.7. The van der Waals surface area contributed by atoms with Gasteiger partial charge in [0, 0.05) is 5.02 Å². The lowest BCUT2D eigenvalue weighted by Crippen LogP contribution is -2.06. The summed E-state index contributed by atoms with van der Waals surface area (Å²) in [6.07, 6.45) is 1.45. The molecule has 0 saturated carbocycles. The van der Waals surface area contributed by atoms with Gasteiger partial charge < -0.3 is 14.2 Å². The maximum Gasteiger partial charge on any atom is 0.348 e. The molecule has 28 heavy (non-hydrogen) atoms. The molecule has 0 unspecified atom stereocenters. The van der Waals surface area contributed by atoms with E-state index >= 15 is 0 Å². The second-order valence-electron chi connectivity index (χ2n) is 5.57. The van der Waals surface area contributed by atoms with Crippen molar-refractivity contribution in [2.24, 2.45) is 0 Å². The molecule has 7 heteroatoms. The number of rotatable bonds is 8. The van der Waals surface area contributed by atoms with Gasteiger partial charge in [-0.2, -0.15) is 5.26 Å². The van der Waals surface area contributed by atoms with E-state index in [-0.39, 0.29) is 12.2 Å². The normalized spacial score (nSPS) is 10.9. The zero-order valence-corrected chi connectivity index (χ0v) is 17.8. The number of halogens is 2. The first-order chi connectivity index (χ1) is 13.5. The smallest absolute Gasteiger partial charge is 0.348 e. The standard InChI is InChI=1S/C21H19BrClNO4/c1-3-26-19-11-15(9-16(12-24)21(25)27-4-2)10-18(22)20(19)28-13-14-5-7-17(23)8-6-14/h5-11H,3-4,13H2,1-2H3/b16-9-. The predicted octanol–water partition coefficient (Wildman–Crippen LogP) is 5.55. The Bertz CT molecular complexity index is 904. The number of carbonyl (C=O) groups is 1. The fourth-order valence-corrected chi connectivity index (χ4v) is 3.02. The molecule has 146 valence electrons.